The molecule has 39 heavy (non-hydrogen) atoms. The molecule has 0 bridgehead atoms. The maximum absolute atomic E-state index is 13.7. The minimum atomic E-state index is -0.312. The molecule has 0 aliphatic rings. The van der Waals surface area contributed by atoms with Crippen molar-refractivity contribution in [2.45, 2.75) is 33.2 Å². The number of nitrogens with one attached hydrogen (secondary N) is 2. The number of fused-ring (bicyclic) bond motifs is 1. The fourth-order valence-electron chi connectivity index (χ4n) is 4.66. The molecule has 0 radical (unpaired) electrons. The lowest BCUT2D eigenvalue weighted by Crippen LogP contribution is -2.46. The molecule has 0 saturated heterocycles. The number of urea groups is 1. The first-order valence-electron chi connectivity index (χ1n) is 13.5. The van der Waals surface area contributed by atoms with E-state index in [1.54, 1.807) is 7.11 Å². The topological polar surface area (TPSA) is 77.7 Å². The molecule has 7 heteroatoms. The van der Waals surface area contributed by atoms with Crippen LogP contribution in [-0.2, 0) is 28.9 Å². The number of hydrogen-bond donors (Lipinski definition) is 2. The van der Waals surface area contributed by atoms with E-state index in [0.717, 1.165) is 39.7 Å². The standard InChI is InChI=1S/C32H38N4O3/c1-4-26-9-5-7-11-29(26)34-32(38)36(19-20-39-3)23-31(37)35(22-25-15-13-24(2)14-16-25)18-17-27-21-33-30-12-8-6-10-28(27)30/h5-16,21,33H,4,17-20,22-23H2,1-3H3,(H,34,38). The normalized spacial score (nSPS) is 10.9. The second-order valence-corrected chi connectivity index (χ2v) is 9.77. The van der Waals surface area contributed by atoms with Gasteiger partial charge in [-0.25, -0.2) is 4.79 Å². The summed E-state index contributed by atoms with van der Waals surface area (Å²) in [5.41, 5.74) is 6.28. The van der Waals surface area contributed by atoms with E-state index in [1.165, 1.54) is 10.5 Å². The van der Waals surface area contributed by atoms with Gasteiger partial charge < -0.3 is 24.8 Å². The van der Waals surface area contributed by atoms with Crippen LogP contribution in [0.5, 0.6) is 0 Å². The average Bonchev–Trinajstić information content (AvgIpc) is 3.37. The van der Waals surface area contributed by atoms with Crippen LogP contribution in [0, 0.1) is 6.92 Å². The second-order valence-electron chi connectivity index (χ2n) is 9.77. The summed E-state index contributed by atoms with van der Waals surface area (Å²) in [6, 6.07) is 23.8. The Balaban J connectivity index is 1.51. The third kappa shape index (κ3) is 7.48. The van der Waals surface area contributed by atoms with Crippen molar-refractivity contribution in [1.29, 1.82) is 0 Å². The first-order chi connectivity index (χ1) is 19.0. The van der Waals surface area contributed by atoms with Crippen molar-refractivity contribution in [3.63, 3.8) is 0 Å². The highest BCUT2D eigenvalue weighted by molar-refractivity contribution is 5.93. The van der Waals surface area contributed by atoms with Gasteiger partial charge in [0.2, 0.25) is 5.91 Å². The van der Waals surface area contributed by atoms with E-state index in [-0.39, 0.29) is 18.5 Å². The van der Waals surface area contributed by atoms with Crippen LogP contribution >= 0.6 is 0 Å². The highest BCUT2D eigenvalue weighted by atomic mass is 16.5. The predicted octanol–water partition coefficient (Wildman–Crippen LogP) is 5.79. The Morgan fingerprint density at radius 1 is 0.897 bits per heavy atom. The Bertz CT molecular complexity index is 1380. The number of H-pyrrole nitrogens is 1. The van der Waals surface area contributed by atoms with Gasteiger partial charge in [-0.2, -0.15) is 0 Å². The van der Waals surface area contributed by atoms with Gasteiger partial charge in [-0.3, -0.25) is 4.79 Å². The molecule has 3 aromatic carbocycles. The van der Waals surface area contributed by atoms with Gasteiger partial charge in [0.1, 0.15) is 6.54 Å². The lowest BCUT2D eigenvalue weighted by atomic mass is 10.1. The van der Waals surface area contributed by atoms with Gasteiger partial charge in [-0.15, -0.1) is 0 Å². The number of amides is 3. The number of ether oxygens (including phenoxy) is 1. The van der Waals surface area contributed by atoms with E-state index in [2.05, 4.69) is 46.7 Å². The van der Waals surface area contributed by atoms with Gasteiger partial charge in [0.15, 0.2) is 0 Å². The number of hydrogen-bond acceptors (Lipinski definition) is 3. The van der Waals surface area contributed by atoms with Crippen LogP contribution in [0.3, 0.4) is 0 Å². The summed E-state index contributed by atoms with van der Waals surface area (Å²) >= 11 is 0. The van der Waals surface area contributed by atoms with Crippen LogP contribution in [0.15, 0.2) is 79.0 Å². The van der Waals surface area contributed by atoms with Crippen LogP contribution in [0.2, 0.25) is 0 Å². The molecule has 4 rings (SSSR count). The summed E-state index contributed by atoms with van der Waals surface area (Å²) < 4.78 is 5.25. The molecule has 7 nitrogen and oxygen atoms in total. The molecule has 0 spiro atoms. The first-order valence-corrected chi connectivity index (χ1v) is 13.5. The molecule has 0 fully saturated rings. The average molecular weight is 527 g/mol. The van der Waals surface area contributed by atoms with Gasteiger partial charge in [0.05, 0.1) is 6.61 Å². The fraction of sp³-hybridized carbons (Fsp3) is 0.312. The Hall–Kier alpha value is -4.10. The molecule has 0 aliphatic heterocycles. The number of carbonyl (C=O) groups is 2. The number of aromatic amines is 1. The van der Waals surface area contributed by atoms with E-state index in [9.17, 15) is 9.59 Å². The van der Waals surface area contributed by atoms with Crippen molar-refractivity contribution in [1.82, 2.24) is 14.8 Å². The summed E-state index contributed by atoms with van der Waals surface area (Å²) in [4.78, 5) is 33.8. The quantitative estimate of drug-likeness (QED) is 0.245. The third-order valence-electron chi connectivity index (χ3n) is 6.99. The SMILES string of the molecule is CCc1ccccc1NC(=O)N(CCOC)CC(=O)N(CCc1c[nH]c2ccccc12)Cc1ccc(C)cc1. The minimum absolute atomic E-state index is 0.0385. The summed E-state index contributed by atoms with van der Waals surface area (Å²) in [5, 5.41) is 4.16. The van der Waals surface area contributed by atoms with Gasteiger partial charge in [-0.05, 0) is 48.6 Å². The molecule has 1 heterocycles. The Kier molecular flexibility index (Phi) is 9.75. The monoisotopic (exact) mass is 526 g/mol. The third-order valence-corrected chi connectivity index (χ3v) is 6.99. The molecule has 0 atom stereocenters. The zero-order chi connectivity index (χ0) is 27.6. The first kappa shape index (κ1) is 27.9. The highest BCUT2D eigenvalue weighted by Crippen LogP contribution is 2.20. The molecular weight excluding hydrogens is 488 g/mol. The summed E-state index contributed by atoms with van der Waals surface area (Å²) in [6.45, 7) is 5.71. The number of benzene rings is 3. The fourth-order valence-corrected chi connectivity index (χ4v) is 4.66. The van der Waals surface area contributed by atoms with Crippen LogP contribution in [0.4, 0.5) is 10.5 Å². The number of methoxy groups -OCH3 is 1. The van der Waals surface area contributed by atoms with Crippen LogP contribution in [0.25, 0.3) is 10.9 Å². The number of aryl methyl sites for hydroxylation is 2. The molecule has 2 N–H and O–H groups in total. The Morgan fingerprint density at radius 3 is 2.41 bits per heavy atom. The van der Waals surface area contributed by atoms with Crippen molar-refractivity contribution >= 4 is 28.5 Å². The van der Waals surface area contributed by atoms with Crippen LogP contribution < -0.4 is 5.32 Å². The van der Waals surface area contributed by atoms with E-state index in [0.29, 0.717) is 32.7 Å². The summed E-state index contributed by atoms with van der Waals surface area (Å²) in [5.74, 6) is -0.106. The van der Waals surface area contributed by atoms with Gasteiger partial charge in [-0.1, -0.05) is 73.2 Å². The van der Waals surface area contributed by atoms with E-state index >= 15 is 0 Å². The molecule has 1 aromatic heterocycles. The molecule has 204 valence electrons. The Labute approximate surface area is 230 Å². The van der Waals surface area contributed by atoms with Gasteiger partial charge in [0.25, 0.3) is 0 Å². The number of para-hydroxylation sites is 2. The Morgan fingerprint density at radius 2 is 1.64 bits per heavy atom. The highest BCUT2D eigenvalue weighted by Gasteiger charge is 2.22. The van der Waals surface area contributed by atoms with Crippen molar-refractivity contribution in [2.24, 2.45) is 0 Å². The zero-order valence-electron chi connectivity index (χ0n) is 23.1. The number of aromatic nitrogens is 1. The van der Waals surface area contributed by atoms with Crippen molar-refractivity contribution in [2.75, 3.05) is 38.7 Å². The largest absolute Gasteiger partial charge is 0.383 e. The van der Waals surface area contributed by atoms with Crippen molar-refractivity contribution in [3.05, 3.63) is 101 Å². The van der Waals surface area contributed by atoms with Crippen LogP contribution in [0.1, 0.15) is 29.2 Å². The minimum Gasteiger partial charge on any atom is -0.383 e. The maximum Gasteiger partial charge on any atom is 0.322 e. The van der Waals surface area contributed by atoms with E-state index in [4.69, 9.17) is 4.74 Å². The van der Waals surface area contributed by atoms with E-state index < -0.39 is 0 Å². The van der Waals surface area contributed by atoms with Gasteiger partial charge in [0, 0.05) is 49.5 Å². The molecule has 0 aliphatic carbocycles. The van der Waals surface area contributed by atoms with Crippen molar-refractivity contribution in [3.8, 4) is 0 Å². The zero-order valence-corrected chi connectivity index (χ0v) is 23.1. The van der Waals surface area contributed by atoms with Gasteiger partial charge >= 0.3 is 6.03 Å². The van der Waals surface area contributed by atoms with E-state index in [1.807, 2.05) is 61.3 Å². The predicted molar refractivity (Wildman–Crippen MR) is 157 cm³/mol. The lowest BCUT2D eigenvalue weighted by Gasteiger charge is -2.28. The summed E-state index contributed by atoms with van der Waals surface area (Å²) in [7, 11) is 1.59. The lowest BCUT2D eigenvalue weighted by molar-refractivity contribution is -0.132. The molecule has 4 aromatic rings. The summed E-state index contributed by atoms with van der Waals surface area (Å²) in [6.07, 6.45) is 3.52. The number of nitrogens with zero attached hydrogens (tertiary/aromatic N) is 2. The number of rotatable bonds is 12. The molecule has 0 unspecified atom stereocenters. The molecular formula is C32H38N4O3. The molecule has 3 amide bonds. The van der Waals surface area contributed by atoms with Crippen LogP contribution in [-0.4, -0.2) is 60.1 Å². The number of anilines is 1. The van der Waals surface area contributed by atoms with Crippen molar-refractivity contribution < 1.29 is 14.3 Å². The second kappa shape index (κ2) is 13.6. The smallest absolute Gasteiger partial charge is 0.322 e. The number of carbonyl (C=O) groups excluding carboxylic acids is 2. The molecule has 0 saturated carbocycles. The maximum atomic E-state index is 13.7.